The number of carbonyl (C=O) groups excluding carboxylic acids is 1. The fraction of sp³-hybridized carbons (Fsp3) is 0.273. The van der Waals surface area contributed by atoms with Gasteiger partial charge < -0.3 is 10.4 Å². The molecule has 0 fully saturated rings. The molecule has 1 aromatic rings. The van der Waals surface area contributed by atoms with Crippen LogP contribution in [0.3, 0.4) is 0 Å². The predicted octanol–water partition coefficient (Wildman–Crippen LogP) is 3.15. The van der Waals surface area contributed by atoms with E-state index >= 15 is 0 Å². The Bertz CT molecular complexity index is 474. The third-order valence-electron chi connectivity index (χ3n) is 2.28. The monoisotopic (exact) mass is 319 g/mol. The Morgan fingerprint density at radius 2 is 2.00 bits per heavy atom. The number of halogens is 2. The number of benzene rings is 1. The van der Waals surface area contributed by atoms with E-state index in [4.69, 9.17) is 16.7 Å². The standard InChI is InChI=1S/C11H11BrClNO3/c1-11(2,10(16)17)9(15)14-8-5-6(12)3-4-7(8)13/h3-5H,1-2H3,(H,14,15)(H,16,17). The highest BCUT2D eigenvalue weighted by atomic mass is 79.9. The minimum atomic E-state index is -1.51. The van der Waals surface area contributed by atoms with Crippen molar-refractivity contribution >= 4 is 45.1 Å². The highest BCUT2D eigenvalue weighted by molar-refractivity contribution is 9.10. The van der Waals surface area contributed by atoms with Gasteiger partial charge in [0, 0.05) is 4.47 Å². The summed E-state index contributed by atoms with van der Waals surface area (Å²) in [5.74, 6) is -1.81. The van der Waals surface area contributed by atoms with Gasteiger partial charge in [0.15, 0.2) is 0 Å². The second-order valence-corrected chi connectivity index (χ2v) is 5.33. The Hall–Kier alpha value is -1.07. The lowest BCUT2D eigenvalue weighted by molar-refractivity contribution is -0.151. The summed E-state index contributed by atoms with van der Waals surface area (Å²) in [5, 5.41) is 11.8. The third-order valence-corrected chi connectivity index (χ3v) is 3.10. The van der Waals surface area contributed by atoms with Crippen LogP contribution < -0.4 is 5.32 Å². The van der Waals surface area contributed by atoms with Gasteiger partial charge in [0.25, 0.3) is 0 Å². The first-order chi connectivity index (χ1) is 7.75. The average molecular weight is 321 g/mol. The van der Waals surface area contributed by atoms with Crippen molar-refractivity contribution in [2.75, 3.05) is 5.32 Å². The maximum absolute atomic E-state index is 11.8. The van der Waals surface area contributed by atoms with Crippen LogP contribution in [0.5, 0.6) is 0 Å². The Kier molecular flexibility index (Phi) is 4.16. The second kappa shape index (κ2) is 5.06. The van der Waals surface area contributed by atoms with E-state index in [0.29, 0.717) is 10.7 Å². The first-order valence-electron chi connectivity index (χ1n) is 4.75. The van der Waals surface area contributed by atoms with Crippen molar-refractivity contribution in [2.45, 2.75) is 13.8 Å². The SMILES string of the molecule is CC(C)(C(=O)O)C(=O)Nc1cc(Br)ccc1Cl. The van der Waals surface area contributed by atoms with Crippen LogP contribution in [-0.4, -0.2) is 17.0 Å². The van der Waals surface area contributed by atoms with Gasteiger partial charge in [-0.15, -0.1) is 0 Å². The van der Waals surface area contributed by atoms with E-state index in [9.17, 15) is 9.59 Å². The number of anilines is 1. The molecule has 0 aliphatic heterocycles. The molecule has 6 heteroatoms. The number of carboxylic acids is 1. The van der Waals surface area contributed by atoms with E-state index in [1.807, 2.05) is 0 Å². The average Bonchev–Trinajstić information content (AvgIpc) is 2.23. The minimum Gasteiger partial charge on any atom is -0.480 e. The normalized spacial score (nSPS) is 11.1. The maximum atomic E-state index is 11.8. The van der Waals surface area contributed by atoms with Crippen molar-refractivity contribution in [3.63, 3.8) is 0 Å². The fourth-order valence-corrected chi connectivity index (χ4v) is 1.49. The smallest absolute Gasteiger partial charge is 0.318 e. The minimum absolute atomic E-state index is 0.350. The van der Waals surface area contributed by atoms with E-state index in [1.165, 1.54) is 13.8 Å². The van der Waals surface area contributed by atoms with E-state index in [2.05, 4.69) is 21.2 Å². The van der Waals surface area contributed by atoms with Crippen molar-refractivity contribution in [1.82, 2.24) is 0 Å². The van der Waals surface area contributed by atoms with Crippen LogP contribution in [0, 0.1) is 5.41 Å². The number of hydrogen-bond acceptors (Lipinski definition) is 2. The van der Waals surface area contributed by atoms with Crippen molar-refractivity contribution < 1.29 is 14.7 Å². The van der Waals surface area contributed by atoms with Crippen LogP contribution >= 0.6 is 27.5 Å². The molecule has 4 nitrogen and oxygen atoms in total. The second-order valence-electron chi connectivity index (χ2n) is 4.01. The molecular weight excluding hydrogens is 309 g/mol. The van der Waals surface area contributed by atoms with Gasteiger partial charge >= 0.3 is 5.97 Å². The van der Waals surface area contributed by atoms with Crippen molar-refractivity contribution in [3.05, 3.63) is 27.7 Å². The van der Waals surface area contributed by atoms with Gasteiger partial charge in [0.05, 0.1) is 10.7 Å². The van der Waals surface area contributed by atoms with Crippen molar-refractivity contribution in [2.24, 2.45) is 5.41 Å². The molecule has 1 amide bonds. The molecule has 1 rings (SSSR count). The van der Waals surface area contributed by atoms with E-state index in [0.717, 1.165) is 4.47 Å². The maximum Gasteiger partial charge on any atom is 0.318 e. The third kappa shape index (κ3) is 3.20. The summed E-state index contributed by atoms with van der Waals surface area (Å²) in [4.78, 5) is 22.7. The zero-order chi connectivity index (χ0) is 13.2. The molecule has 0 radical (unpaired) electrons. The van der Waals surface area contributed by atoms with Gasteiger partial charge in [-0.2, -0.15) is 0 Å². The molecule has 0 saturated carbocycles. The molecule has 0 atom stereocenters. The summed E-state index contributed by atoms with van der Waals surface area (Å²) in [6.07, 6.45) is 0. The number of hydrogen-bond donors (Lipinski definition) is 2. The Morgan fingerprint density at radius 3 is 2.53 bits per heavy atom. The quantitative estimate of drug-likeness (QED) is 0.841. The summed E-state index contributed by atoms with van der Waals surface area (Å²) in [5.41, 5.74) is -1.13. The molecule has 1 aromatic carbocycles. The number of rotatable bonds is 3. The Morgan fingerprint density at radius 1 is 1.41 bits per heavy atom. The molecule has 0 unspecified atom stereocenters. The molecule has 0 aromatic heterocycles. The summed E-state index contributed by atoms with van der Waals surface area (Å²) >= 11 is 9.13. The number of amides is 1. The molecule has 0 heterocycles. The summed E-state index contributed by atoms with van der Waals surface area (Å²) in [6.45, 7) is 2.66. The molecule has 0 aliphatic carbocycles. The lowest BCUT2D eigenvalue weighted by atomic mass is 9.92. The summed E-state index contributed by atoms with van der Waals surface area (Å²) in [7, 11) is 0. The highest BCUT2D eigenvalue weighted by Crippen LogP contribution is 2.27. The van der Waals surface area contributed by atoms with Gasteiger partial charge in [-0.05, 0) is 32.0 Å². The van der Waals surface area contributed by atoms with E-state index < -0.39 is 17.3 Å². The number of nitrogens with one attached hydrogen (secondary N) is 1. The first-order valence-corrected chi connectivity index (χ1v) is 5.92. The molecule has 0 saturated heterocycles. The molecular formula is C11H11BrClNO3. The topological polar surface area (TPSA) is 66.4 Å². The van der Waals surface area contributed by atoms with Gasteiger partial charge in [0.1, 0.15) is 5.41 Å². The molecule has 0 spiro atoms. The zero-order valence-electron chi connectivity index (χ0n) is 9.25. The van der Waals surface area contributed by atoms with Gasteiger partial charge in [-0.25, -0.2) is 0 Å². The summed E-state index contributed by atoms with van der Waals surface area (Å²) in [6, 6.07) is 4.94. The predicted molar refractivity (Wildman–Crippen MR) is 69.2 cm³/mol. The van der Waals surface area contributed by atoms with Crippen LogP contribution in [0.25, 0.3) is 0 Å². The highest BCUT2D eigenvalue weighted by Gasteiger charge is 2.36. The molecule has 0 bridgehead atoms. The lowest BCUT2D eigenvalue weighted by Gasteiger charge is -2.18. The number of aliphatic carboxylic acids is 1. The number of carboxylic acid groups (broad SMARTS) is 1. The van der Waals surface area contributed by atoms with Crippen LogP contribution in [0.4, 0.5) is 5.69 Å². The molecule has 92 valence electrons. The largest absolute Gasteiger partial charge is 0.480 e. The van der Waals surface area contributed by atoms with Gasteiger partial charge in [-0.3, -0.25) is 9.59 Å². The van der Waals surface area contributed by atoms with Crippen molar-refractivity contribution in [3.8, 4) is 0 Å². The van der Waals surface area contributed by atoms with Crippen molar-refractivity contribution in [1.29, 1.82) is 0 Å². The summed E-state index contributed by atoms with van der Waals surface area (Å²) < 4.78 is 0.741. The van der Waals surface area contributed by atoms with Gasteiger partial charge in [-0.1, -0.05) is 27.5 Å². The van der Waals surface area contributed by atoms with Crippen LogP contribution in [0.2, 0.25) is 5.02 Å². The fourth-order valence-electron chi connectivity index (χ4n) is 0.969. The first kappa shape index (κ1) is 14.0. The molecule has 0 aliphatic rings. The lowest BCUT2D eigenvalue weighted by Crippen LogP contribution is -2.37. The van der Waals surface area contributed by atoms with Crippen LogP contribution in [-0.2, 0) is 9.59 Å². The van der Waals surface area contributed by atoms with E-state index in [-0.39, 0.29) is 0 Å². The molecule has 2 N–H and O–H groups in total. The Balaban J connectivity index is 2.96. The zero-order valence-corrected chi connectivity index (χ0v) is 11.6. The molecule has 17 heavy (non-hydrogen) atoms. The van der Waals surface area contributed by atoms with Crippen LogP contribution in [0.15, 0.2) is 22.7 Å². The Labute approximate surface area is 112 Å². The number of carbonyl (C=O) groups is 2. The van der Waals surface area contributed by atoms with Crippen LogP contribution in [0.1, 0.15) is 13.8 Å². The van der Waals surface area contributed by atoms with Gasteiger partial charge in [0.2, 0.25) is 5.91 Å². The van der Waals surface area contributed by atoms with E-state index in [1.54, 1.807) is 18.2 Å².